The highest BCUT2D eigenvalue weighted by Gasteiger charge is 2.28. The molecule has 0 bridgehead atoms. The molecule has 0 radical (unpaired) electrons. The lowest BCUT2D eigenvalue weighted by Crippen LogP contribution is -2.38. The molecule has 4 aromatic carbocycles. The summed E-state index contributed by atoms with van der Waals surface area (Å²) in [5.74, 6) is 0.441. The first-order valence-electron chi connectivity index (χ1n) is 11.6. The number of nitrogens with one attached hydrogen (secondary N) is 2. The fourth-order valence-electron chi connectivity index (χ4n) is 4.76. The van der Waals surface area contributed by atoms with Gasteiger partial charge >= 0.3 is 11.7 Å². The molecule has 1 aromatic heterocycles. The molecule has 2 N–H and O–H groups in total. The smallest absolute Gasteiger partial charge is 0.344 e. The summed E-state index contributed by atoms with van der Waals surface area (Å²) in [6.07, 6.45) is 0. The normalized spacial score (nSPS) is 14.5. The van der Waals surface area contributed by atoms with Crippen molar-refractivity contribution in [1.29, 1.82) is 0 Å². The Kier molecular flexibility index (Phi) is 5.27. The van der Waals surface area contributed by atoms with Crippen LogP contribution in [0.3, 0.4) is 0 Å². The second-order valence-electron chi connectivity index (χ2n) is 8.69. The summed E-state index contributed by atoms with van der Waals surface area (Å²) in [6.45, 7) is 0. The Morgan fingerprint density at radius 3 is 2.08 bits per heavy atom. The van der Waals surface area contributed by atoms with Crippen molar-refractivity contribution in [3.8, 4) is 22.5 Å². The molecule has 0 aliphatic carbocycles. The van der Waals surface area contributed by atoms with Gasteiger partial charge in [-0.15, -0.1) is 0 Å². The van der Waals surface area contributed by atoms with Gasteiger partial charge in [0.05, 0.1) is 16.4 Å². The molecule has 1 atom stereocenters. The quantitative estimate of drug-likeness (QED) is 0.228. The standard InChI is InChI=1S/C29H19N3O5/c33-28-22-15-23-24(30-29(34)31-26(23)18-11-13-20(14-12-18)32(35)36)16-21(22)25(17-7-3-1-4-8-17)27(37-28)19-9-5-2-6-10-19/h1-16,26H,(H2,30,31,34). The van der Waals surface area contributed by atoms with Gasteiger partial charge in [0.25, 0.3) is 5.69 Å². The predicted molar refractivity (Wildman–Crippen MR) is 140 cm³/mol. The van der Waals surface area contributed by atoms with Crippen LogP contribution in [0.2, 0.25) is 0 Å². The van der Waals surface area contributed by atoms with E-state index in [2.05, 4.69) is 10.6 Å². The molecule has 5 aromatic rings. The van der Waals surface area contributed by atoms with Gasteiger partial charge in [-0.25, -0.2) is 9.59 Å². The molecule has 0 saturated carbocycles. The molecule has 180 valence electrons. The predicted octanol–water partition coefficient (Wildman–Crippen LogP) is 6.26. The average Bonchev–Trinajstić information content (AvgIpc) is 2.92. The van der Waals surface area contributed by atoms with Crippen molar-refractivity contribution in [3.63, 3.8) is 0 Å². The highest BCUT2D eigenvalue weighted by atomic mass is 16.6. The summed E-state index contributed by atoms with van der Waals surface area (Å²) in [6, 6.07) is 27.5. The number of anilines is 1. The van der Waals surface area contributed by atoms with E-state index in [4.69, 9.17) is 4.42 Å². The topological polar surface area (TPSA) is 114 Å². The van der Waals surface area contributed by atoms with Gasteiger partial charge in [0.1, 0.15) is 5.76 Å². The van der Waals surface area contributed by atoms with Crippen LogP contribution in [0.1, 0.15) is 17.2 Å². The van der Waals surface area contributed by atoms with Gasteiger partial charge in [0.2, 0.25) is 0 Å². The molecular formula is C29H19N3O5. The van der Waals surface area contributed by atoms with Gasteiger partial charge in [-0.2, -0.15) is 0 Å². The number of amides is 2. The lowest BCUT2D eigenvalue weighted by molar-refractivity contribution is -0.384. The lowest BCUT2D eigenvalue weighted by atomic mass is 9.90. The molecule has 6 rings (SSSR count). The lowest BCUT2D eigenvalue weighted by Gasteiger charge is -2.28. The summed E-state index contributed by atoms with van der Waals surface area (Å²) in [4.78, 5) is 36.5. The second-order valence-corrected chi connectivity index (χ2v) is 8.69. The maximum atomic E-state index is 13.3. The van der Waals surface area contributed by atoms with Crippen LogP contribution in [0.15, 0.2) is 106 Å². The maximum absolute atomic E-state index is 13.3. The van der Waals surface area contributed by atoms with Crippen LogP contribution in [0.4, 0.5) is 16.2 Å². The van der Waals surface area contributed by atoms with E-state index in [0.29, 0.717) is 33.3 Å². The van der Waals surface area contributed by atoms with Crippen molar-refractivity contribution in [2.45, 2.75) is 6.04 Å². The molecular weight excluding hydrogens is 470 g/mol. The van der Waals surface area contributed by atoms with Crippen molar-refractivity contribution in [1.82, 2.24) is 5.32 Å². The number of carbonyl (C=O) groups is 1. The van der Waals surface area contributed by atoms with Crippen LogP contribution in [-0.4, -0.2) is 11.0 Å². The first-order chi connectivity index (χ1) is 18.0. The Labute approximate surface area is 210 Å². The van der Waals surface area contributed by atoms with E-state index in [-0.39, 0.29) is 5.69 Å². The van der Waals surface area contributed by atoms with Gasteiger partial charge in [-0.05, 0) is 35.4 Å². The number of nitro groups is 1. The third kappa shape index (κ3) is 3.90. The minimum Gasteiger partial charge on any atom is -0.422 e. The fourth-order valence-corrected chi connectivity index (χ4v) is 4.76. The number of rotatable bonds is 4. The van der Waals surface area contributed by atoms with E-state index >= 15 is 0 Å². The Morgan fingerprint density at radius 2 is 1.43 bits per heavy atom. The minimum absolute atomic E-state index is 0.0515. The number of hydrogen-bond donors (Lipinski definition) is 2. The number of hydrogen-bond acceptors (Lipinski definition) is 5. The van der Waals surface area contributed by atoms with Crippen molar-refractivity contribution in [3.05, 3.63) is 129 Å². The minimum atomic E-state index is -0.609. The van der Waals surface area contributed by atoms with Crippen LogP contribution in [0.5, 0.6) is 0 Å². The van der Waals surface area contributed by atoms with Crippen LogP contribution in [-0.2, 0) is 0 Å². The van der Waals surface area contributed by atoms with Crippen LogP contribution >= 0.6 is 0 Å². The zero-order valence-electron chi connectivity index (χ0n) is 19.3. The Morgan fingerprint density at radius 1 is 0.784 bits per heavy atom. The van der Waals surface area contributed by atoms with Crippen LogP contribution in [0.25, 0.3) is 33.2 Å². The van der Waals surface area contributed by atoms with Crippen LogP contribution in [0, 0.1) is 10.1 Å². The molecule has 2 heterocycles. The molecule has 1 unspecified atom stereocenters. The molecule has 1 aliphatic rings. The van der Waals surface area contributed by atoms with Gasteiger partial charge in [-0.3, -0.25) is 10.1 Å². The number of benzene rings is 4. The third-order valence-corrected chi connectivity index (χ3v) is 6.47. The highest BCUT2D eigenvalue weighted by molar-refractivity contribution is 6.05. The molecule has 2 amide bonds. The van der Waals surface area contributed by atoms with Crippen molar-refractivity contribution >= 4 is 28.2 Å². The van der Waals surface area contributed by atoms with Gasteiger partial charge in [0.15, 0.2) is 0 Å². The van der Waals surface area contributed by atoms with E-state index in [1.807, 2.05) is 60.7 Å². The Hall–Kier alpha value is -5.24. The summed E-state index contributed by atoms with van der Waals surface area (Å²) < 4.78 is 5.92. The average molecular weight is 489 g/mol. The Balaban J connectivity index is 1.61. The molecule has 0 spiro atoms. The number of nitro benzene ring substituents is 1. The van der Waals surface area contributed by atoms with Gasteiger partial charge in [-0.1, -0.05) is 60.7 Å². The van der Waals surface area contributed by atoms with E-state index in [0.717, 1.165) is 16.7 Å². The van der Waals surface area contributed by atoms with Crippen molar-refractivity contribution < 1.29 is 14.1 Å². The molecule has 0 saturated heterocycles. The number of fused-ring (bicyclic) bond motifs is 2. The monoisotopic (exact) mass is 489 g/mol. The largest absolute Gasteiger partial charge is 0.422 e. The maximum Gasteiger partial charge on any atom is 0.344 e. The van der Waals surface area contributed by atoms with E-state index in [1.165, 1.54) is 12.1 Å². The molecule has 8 nitrogen and oxygen atoms in total. The van der Waals surface area contributed by atoms with Crippen molar-refractivity contribution in [2.75, 3.05) is 5.32 Å². The second kappa shape index (κ2) is 8.76. The molecule has 1 aliphatic heterocycles. The molecule has 0 fully saturated rings. The summed E-state index contributed by atoms with van der Waals surface area (Å²) in [5.41, 5.74) is 3.65. The van der Waals surface area contributed by atoms with Crippen LogP contribution < -0.4 is 16.3 Å². The van der Waals surface area contributed by atoms with E-state index in [9.17, 15) is 19.7 Å². The zero-order chi connectivity index (χ0) is 25.5. The summed E-state index contributed by atoms with van der Waals surface area (Å²) in [5, 5.41) is 17.8. The Bertz CT molecular complexity index is 1730. The number of nitrogens with zero attached hydrogens (tertiary/aromatic N) is 1. The first kappa shape index (κ1) is 22.2. The third-order valence-electron chi connectivity index (χ3n) is 6.47. The van der Waals surface area contributed by atoms with Crippen molar-refractivity contribution in [2.24, 2.45) is 0 Å². The van der Waals surface area contributed by atoms with E-state index in [1.54, 1.807) is 24.3 Å². The number of non-ortho nitro benzene ring substituents is 1. The van der Waals surface area contributed by atoms with E-state index < -0.39 is 22.6 Å². The van der Waals surface area contributed by atoms with Gasteiger partial charge < -0.3 is 15.1 Å². The zero-order valence-corrected chi connectivity index (χ0v) is 19.3. The van der Waals surface area contributed by atoms with Gasteiger partial charge in [0, 0.05) is 39.9 Å². The number of urea groups is 1. The summed E-state index contributed by atoms with van der Waals surface area (Å²) in [7, 11) is 0. The fraction of sp³-hybridized carbons (Fsp3) is 0.0345. The summed E-state index contributed by atoms with van der Waals surface area (Å²) >= 11 is 0. The highest BCUT2D eigenvalue weighted by Crippen LogP contribution is 2.41. The first-order valence-corrected chi connectivity index (χ1v) is 11.6. The SMILES string of the molecule is O=C1Nc2cc3c(-c4ccccc4)c(-c4ccccc4)oc(=O)c3cc2C(c2ccc([N+](=O)[O-])cc2)N1. The molecule has 37 heavy (non-hydrogen) atoms. The molecule has 8 heteroatoms. The number of carbonyl (C=O) groups excluding carboxylic acids is 1.